The van der Waals surface area contributed by atoms with Gasteiger partial charge in [0, 0.05) is 25.3 Å². The summed E-state index contributed by atoms with van der Waals surface area (Å²) in [6.45, 7) is 5.07. The molecule has 2 unspecified atom stereocenters. The predicted octanol–water partition coefficient (Wildman–Crippen LogP) is 0.646. The van der Waals surface area contributed by atoms with Gasteiger partial charge in [0.15, 0.2) is 0 Å². The Morgan fingerprint density at radius 2 is 2.47 bits per heavy atom. The van der Waals surface area contributed by atoms with Crippen LogP contribution in [0.15, 0.2) is 18.6 Å². The van der Waals surface area contributed by atoms with Crippen LogP contribution >= 0.6 is 0 Å². The number of rotatable bonds is 3. The van der Waals surface area contributed by atoms with E-state index in [1.807, 2.05) is 6.07 Å². The molecule has 1 saturated heterocycles. The first-order valence-electron chi connectivity index (χ1n) is 5.48. The van der Waals surface area contributed by atoms with Crippen LogP contribution in [-0.4, -0.2) is 34.0 Å². The van der Waals surface area contributed by atoms with Gasteiger partial charge in [-0.2, -0.15) is 0 Å². The summed E-state index contributed by atoms with van der Waals surface area (Å²) in [6, 6.07) is 2.59. The van der Waals surface area contributed by atoms with Crippen LogP contribution in [0.5, 0.6) is 0 Å². The predicted molar refractivity (Wildman–Crippen MR) is 59.1 cm³/mol. The second-order valence-electron chi connectivity index (χ2n) is 4.32. The first-order valence-corrected chi connectivity index (χ1v) is 5.48. The van der Waals surface area contributed by atoms with Crippen LogP contribution in [0.3, 0.4) is 0 Å². The molecule has 2 heterocycles. The second-order valence-corrected chi connectivity index (χ2v) is 4.32. The van der Waals surface area contributed by atoms with Crippen molar-refractivity contribution in [2.24, 2.45) is 11.7 Å². The zero-order valence-corrected chi connectivity index (χ0v) is 9.13. The molecule has 1 aromatic rings. The van der Waals surface area contributed by atoms with Crippen molar-refractivity contribution >= 4 is 0 Å². The van der Waals surface area contributed by atoms with Gasteiger partial charge in [0.1, 0.15) is 6.33 Å². The number of hydrogen-bond acceptors (Lipinski definition) is 4. The van der Waals surface area contributed by atoms with Crippen molar-refractivity contribution in [1.29, 1.82) is 0 Å². The van der Waals surface area contributed by atoms with E-state index >= 15 is 0 Å². The summed E-state index contributed by atoms with van der Waals surface area (Å²) < 4.78 is 0. The lowest BCUT2D eigenvalue weighted by Crippen LogP contribution is -2.27. The second kappa shape index (κ2) is 4.68. The van der Waals surface area contributed by atoms with Crippen molar-refractivity contribution in [2.75, 3.05) is 13.1 Å². The molecule has 0 bridgehead atoms. The molecule has 1 aromatic heterocycles. The first-order chi connectivity index (χ1) is 7.29. The van der Waals surface area contributed by atoms with E-state index in [9.17, 15) is 0 Å². The SMILES string of the molecule is CC1CC(CN)CN1Cc1ccncn1. The summed E-state index contributed by atoms with van der Waals surface area (Å²) in [5.41, 5.74) is 6.79. The van der Waals surface area contributed by atoms with E-state index in [1.54, 1.807) is 12.5 Å². The summed E-state index contributed by atoms with van der Waals surface area (Å²) in [5.74, 6) is 0.654. The van der Waals surface area contributed by atoms with E-state index in [2.05, 4.69) is 21.8 Å². The van der Waals surface area contributed by atoms with Gasteiger partial charge in [-0.1, -0.05) is 0 Å². The fourth-order valence-electron chi connectivity index (χ4n) is 2.23. The Morgan fingerprint density at radius 3 is 3.07 bits per heavy atom. The Morgan fingerprint density at radius 1 is 1.60 bits per heavy atom. The maximum absolute atomic E-state index is 5.70. The topological polar surface area (TPSA) is 55.0 Å². The van der Waals surface area contributed by atoms with Gasteiger partial charge >= 0.3 is 0 Å². The van der Waals surface area contributed by atoms with E-state index in [4.69, 9.17) is 5.73 Å². The average Bonchev–Trinajstić information content (AvgIpc) is 2.61. The Kier molecular flexibility index (Phi) is 3.28. The van der Waals surface area contributed by atoms with Crippen molar-refractivity contribution < 1.29 is 0 Å². The van der Waals surface area contributed by atoms with E-state index in [-0.39, 0.29) is 0 Å². The van der Waals surface area contributed by atoms with Crippen LogP contribution in [0.4, 0.5) is 0 Å². The summed E-state index contributed by atoms with van der Waals surface area (Å²) in [4.78, 5) is 10.6. The molecule has 4 heteroatoms. The lowest BCUT2D eigenvalue weighted by atomic mass is 10.1. The monoisotopic (exact) mass is 206 g/mol. The molecule has 0 aliphatic carbocycles. The first kappa shape index (κ1) is 10.5. The highest BCUT2D eigenvalue weighted by Crippen LogP contribution is 2.23. The molecule has 0 spiro atoms. The lowest BCUT2D eigenvalue weighted by molar-refractivity contribution is 0.253. The maximum atomic E-state index is 5.70. The van der Waals surface area contributed by atoms with Gasteiger partial charge in [-0.05, 0) is 31.9 Å². The quantitative estimate of drug-likeness (QED) is 0.788. The molecule has 1 aliphatic heterocycles. The largest absolute Gasteiger partial charge is 0.330 e. The van der Waals surface area contributed by atoms with E-state index in [0.717, 1.165) is 25.3 Å². The Labute approximate surface area is 90.5 Å². The van der Waals surface area contributed by atoms with Gasteiger partial charge in [0.2, 0.25) is 0 Å². The van der Waals surface area contributed by atoms with Gasteiger partial charge in [-0.15, -0.1) is 0 Å². The standard InChI is InChI=1S/C11H18N4/c1-9-4-10(5-12)6-15(9)7-11-2-3-13-8-14-11/h2-3,8-10H,4-7,12H2,1H3. The third-order valence-corrected chi connectivity index (χ3v) is 3.13. The van der Waals surface area contributed by atoms with Gasteiger partial charge in [0.25, 0.3) is 0 Å². The van der Waals surface area contributed by atoms with Gasteiger partial charge < -0.3 is 5.73 Å². The normalized spacial score (nSPS) is 27.1. The Hall–Kier alpha value is -1.00. The van der Waals surface area contributed by atoms with Gasteiger partial charge in [-0.25, -0.2) is 9.97 Å². The summed E-state index contributed by atoms with van der Waals surface area (Å²) in [7, 11) is 0. The zero-order valence-electron chi connectivity index (χ0n) is 9.13. The number of likely N-dealkylation sites (tertiary alicyclic amines) is 1. The molecule has 82 valence electrons. The third-order valence-electron chi connectivity index (χ3n) is 3.13. The van der Waals surface area contributed by atoms with Gasteiger partial charge in [0.05, 0.1) is 5.69 Å². The number of nitrogens with two attached hydrogens (primary N) is 1. The third kappa shape index (κ3) is 2.52. The number of hydrogen-bond donors (Lipinski definition) is 1. The fourth-order valence-corrected chi connectivity index (χ4v) is 2.23. The Bertz CT molecular complexity index is 301. The van der Waals surface area contributed by atoms with Crippen molar-refractivity contribution in [2.45, 2.75) is 25.9 Å². The molecule has 2 N–H and O–H groups in total. The number of aromatic nitrogens is 2. The minimum Gasteiger partial charge on any atom is -0.330 e. The molecule has 0 aromatic carbocycles. The molecule has 2 rings (SSSR count). The zero-order chi connectivity index (χ0) is 10.7. The molecule has 15 heavy (non-hydrogen) atoms. The minimum atomic E-state index is 0.619. The van der Waals surface area contributed by atoms with E-state index in [1.165, 1.54) is 6.42 Å². The highest BCUT2D eigenvalue weighted by molar-refractivity contribution is 4.99. The molecule has 0 saturated carbocycles. The smallest absolute Gasteiger partial charge is 0.115 e. The molecule has 4 nitrogen and oxygen atoms in total. The van der Waals surface area contributed by atoms with Crippen molar-refractivity contribution in [3.8, 4) is 0 Å². The van der Waals surface area contributed by atoms with Crippen LogP contribution in [-0.2, 0) is 6.54 Å². The van der Waals surface area contributed by atoms with Crippen LogP contribution in [0.2, 0.25) is 0 Å². The van der Waals surface area contributed by atoms with E-state index < -0.39 is 0 Å². The summed E-state index contributed by atoms with van der Waals surface area (Å²) in [5, 5.41) is 0. The Balaban J connectivity index is 1.96. The van der Waals surface area contributed by atoms with Crippen LogP contribution < -0.4 is 5.73 Å². The molecular weight excluding hydrogens is 188 g/mol. The highest BCUT2D eigenvalue weighted by Gasteiger charge is 2.27. The molecule has 0 radical (unpaired) electrons. The number of nitrogens with zero attached hydrogens (tertiary/aromatic N) is 3. The molecule has 1 aliphatic rings. The van der Waals surface area contributed by atoms with Crippen molar-refractivity contribution in [1.82, 2.24) is 14.9 Å². The van der Waals surface area contributed by atoms with Crippen molar-refractivity contribution in [3.05, 3.63) is 24.3 Å². The lowest BCUT2D eigenvalue weighted by Gasteiger charge is -2.20. The average molecular weight is 206 g/mol. The maximum Gasteiger partial charge on any atom is 0.115 e. The van der Waals surface area contributed by atoms with Crippen LogP contribution in [0, 0.1) is 5.92 Å². The molecule has 1 fully saturated rings. The molecular formula is C11H18N4. The van der Waals surface area contributed by atoms with Crippen LogP contribution in [0.1, 0.15) is 19.0 Å². The molecule has 2 atom stereocenters. The molecule has 0 amide bonds. The van der Waals surface area contributed by atoms with E-state index in [0.29, 0.717) is 12.0 Å². The highest BCUT2D eigenvalue weighted by atomic mass is 15.2. The van der Waals surface area contributed by atoms with Crippen LogP contribution in [0.25, 0.3) is 0 Å². The van der Waals surface area contributed by atoms with Crippen molar-refractivity contribution in [3.63, 3.8) is 0 Å². The summed E-state index contributed by atoms with van der Waals surface area (Å²) in [6.07, 6.45) is 4.61. The summed E-state index contributed by atoms with van der Waals surface area (Å²) >= 11 is 0. The fraction of sp³-hybridized carbons (Fsp3) is 0.636. The van der Waals surface area contributed by atoms with Gasteiger partial charge in [-0.3, -0.25) is 4.90 Å². The minimum absolute atomic E-state index is 0.619.